The minimum Gasteiger partial charge on any atom is -0.493 e. The van der Waals surface area contributed by atoms with Gasteiger partial charge in [0.15, 0.2) is 5.96 Å². The normalized spacial score (nSPS) is 11.1. The first kappa shape index (κ1) is 22.3. The van der Waals surface area contributed by atoms with Crippen LogP contribution in [0.1, 0.15) is 34.8 Å². The standard InChI is InChI=1S/C23H32N4O2/c1-5-24-23(25-15-8-16-29-21-10-7-6-9-18(21)2)26-17-19-11-13-20(14-12-19)22(28)27(3)4/h6-7,9-14H,5,8,15-17H2,1-4H3,(H2,24,25,26). The minimum atomic E-state index is 0.00275. The van der Waals surface area contributed by atoms with Gasteiger partial charge in [0, 0.05) is 32.7 Å². The molecule has 156 valence electrons. The second-order valence-corrected chi connectivity index (χ2v) is 6.99. The molecule has 0 saturated heterocycles. The first-order chi connectivity index (χ1) is 14.0. The smallest absolute Gasteiger partial charge is 0.253 e. The van der Waals surface area contributed by atoms with Crippen molar-refractivity contribution in [2.75, 3.05) is 33.8 Å². The average molecular weight is 397 g/mol. The lowest BCUT2D eigenvalue weighted by Gasteiger charge is -2.13. The first-order valence-corrected chi connectivity index (χ1v) is 10.0. The summed E-state index contributed by atoms with van der Waals surface area (Å²) in [6, 6.07) is 15.6. The molecule has 0 atom stereocenters. The Morgan fingerprint density at radius 1 is 1.07 bits per heavy atom. The van der Waals surface area contributed by atoms with E-state index in [0.717, 1.165) is 42.3 Å². The molecule has 0 aliphatic heterocycles. The number of rotatable bonds is 9. The number of benzene rings is 2. The summed E-state index contributed by atoms with van der Waals surface area (Å²) >= 11 is 0. The third-order valence-corrected chi connectivity index (χ3v) is 4.34. The lowest BCUT2D eigenvalue weighted by atomic mass is 10.1. The van der Waals surface area contributed by atoms with E-state index in [1.807, 2.05) is 62.4 Å². The molecule has 0 aromatic heterocycles. The van der Waals surface area contributed by atoms with Gasteiger partial charge in [-0.15, -0.1) is 0 Å². The van der Waals surface area contributed by atoms with Crippen molar-refractivity contribution in [3.8, 4) is 5.75 Å². The first-order valence-electron chi connectivity index (χ1n) is 10.0. The Kier molecular flexibility index (Phi) is 9.02. The van der Waals surface area contributed by atoms with Crippen LogP contribution in [0, 0.1) is 6.92 Å². The molecule has 2 aromatic carbocycles. The molecule has 0 unspecified atom stereocenters. The number of aryl methyl sites for hydroxylation is 1. The zero-order valence-corrected chi connectivity index (χ0v) is 17.9. The highest BCUT2D eigenvalue weighted by atomic mass is 16.5. The van der Waals surface area contributed by atoms with Gasteiger partial charge in [-0.1, -0.05) is 30.3 Å². The zero-order chi connectivity index (χ0) is 21.1. The second-order valence-electron chi connectivity index (χ2n) is 6.99. The van der Waals surface area contributed by atoms with E-state index in [9.17, 15) is 4.79 Å². The topological polar surface area (TPSA) is 66.0 Å². The Labute approximate surface area is 174 Å². The Balaban J connectivity index is 1.80. The Hall–Kier alpha value is -3.02. The van der Waals surface area contributed by atoms with Crippen LogP contribution in [0.15, 0.2) is 53.5 Å². The quantitative estimate of drug-likeness (QED) is 0.388. The fourth-order valence-corrected chi connectivity index (χ4v) is 2.70. The molecule has 0 saturated carbocycles. The maximum absolute atomic E-state index is 12.0. The van der Waals surface area contributed by atoms with Gasteiger partial charge in [-0.05, 0) is 49.6 Å². The molecule has 2 N–H and O–H groups in total. The molecular weight excluding hydrogens is 364 g/mol. The number of nitrogens with zero attached hydrogens (tertiary/aromatic N) is 2. The van der Waals surface area contributed by atoms with Crippen LogP contribution in [0.4, 0.5) is 0 Å². The van der Waals surface area contributed by atoms with E-state index in [4.69, 9.17) is 4.74 Å². The number of guanidine groups is 1. The van der Waals surface area contributed by atoms with E-state index in [1.54, 1.807) is 19.0 Å². The number of carbonyl (C=O) groups is 1. The van der Waals surface area contributed by atoms with Gasteiger partial charge in [-0.3, -0.25) is 4.79 Å². The molecule has 29 heavy (non-hydrogen) atoms. The molecule has 2 rings (SSSR count). The highest BCUT2D eigenvalue weighted by Gasteiger charge is 2.07. The molecular formula is C23H32N4O2. The molecule has 6 heteroatoms. The predicted molar refractivity (Wildman–Crippen MR) is 119 cm³/mol. The number of hydrogen-bond donors (Lipinski definition) is 2. The summed E-state index contributed by atoms with van der Waals surface area (Å²) < 4.78 is 5.82. The summed E-state index contributed by atoms with van der Waals surface area (Å²) in [5.74, 6) is 1.71. The van der Waals surface area contributed by atoms with Crippen LogP contribution in [-0.4, -0.2) is 50.6 Å². The summed E-state index contributed by atoms with van der Waals surface area (Å²) in [7, 11) is 3.50. The van der Waals surface area contributed by atoms with Crippen LogP contribution >= 0.6 is 0 Å². The molecule has 0 bridgehead atoms. The number of para-hydroxylation sites is 1. The van der Waals surface area contributed by atoms with Crippen molar-refractivity contribution in [3.05, 3.63) is 65.2 Å². The number of ether oxygens (including phenoxy) is 1. The van der Waals surface area contributed by atoms with Crippen molar-refractivity contribution >= 4 is 11.9 Å². The average Bonchev–Trinajstić information content (AvgIpc) is 2.72. The lowest BCUT2D eigenvalue weighted by molar-refractivity contribution is 0.0827. The second kappa shape index (κ2) is 11.7. The largest absolute Gasteiger partial charge is 0.493 e. The fraction of sp³-hybridized carbons (Fsp3) is 0.391. The van der Waals surface area contributed by atoms with Crippen LogP contribution in [0.2, 0.25) is 0 Å². The molecule has 1 amide bonds. The highest BCUT2D eigenvalue weighted by molar-refractivity contribution is 5.93. The summed E-state index contributed by atoms with van der Waals surface area (Å²) in [5, 5.41) is 6.59. The molecule has 6 nitrogen and oxygen atoms in total. The van der Waals surface area contributed by atoms with E-state index in [1.165, 1.54) is 0 Å². The monoisotopic (exact) mass is 396 g/mol. The van der Waals surface area contributed by atoms with E-state index < -0.39 is 0 Å². The summed E-state index contributed by atoms with van der Waals surface area (Å²) in [6.07, 6.45) is 0.875. The number of amides is 1. The van der Waals surface area contributed by atoms with Crippen molar-refractivity contribution in [1.82, 2.24) is 15.5 Å². The van der Waals surface area contributed by atoms with Crippen molar-refractivity contribution in [3.63, 3.8) is 0 Å². The van der Waals surface area contributed by atoms with Crippen LogP contribution in [-0.2, 0) is 6.54 Å². The Morgan fingerprint density at radius 3 is 2.45 bits per heavy atom. The van der Waals surface area contributed by atoms with E-state index >= 15 is 0 Å². The van der Waals surface area contributed by atoms with Gasteiger partial charge in [0.2, 0.25) is 0 Å². The maximum atomic E-state index is 12.0. The van der Waals surface area contributed by atoms with Gasteiger partial charge in [-0.2, -0.15) is 0 Å². The van der Waals surface area contributed by atoms with E-state index in [2.05, 4.69) is 15.6 Å². The molecule has 0 fully saturated rings. The molecule has 0 heterocycles. The van der Waals surface area contributed by atoms with Crippen LogP contribution in [0.25, 0.3) is 0 Å². The molecule has 2 aromatic rings. The summed E-state index contributed by atoms with van der Waals surface area (Å²) in [4.78, 5) is 18.1. The van der Waals surface area contributed by atoms with Crippen molar-refractivity contribution < 1.29 is 9.53 Å². The van der Waals surface area contributed by atoms with Crippen molar-refractivity contribution in [2.45, 2.75) is 26.8 Å². The molecule has 0 radical (unpaired) electrons. The number of hydrogen-bond acceptors (Lipinski definition) is 3. The minimum absolute atomic E-state index is 0.00275. The third-order valence-electron chi connectivity index (χ3n) is 4.34. The Morgan fingerprint density at radius 2 is 1.79 bits per heavy atom. The number of carbonyl (C=O) groups excluding carboxylic acids is 1. The van der Waals surface area contributed by atoms with Crippen LogP contribution in [0.3, 0.4) is 0 Å². The molecule has 0 spiro atoms. The van der Waals surface area contributed by atoms with Gasteiger partial charge in [-0.25, -0.2) is 4.99 Å². The predicted octanol–water partition coefficient (Wildman–Crippen LogP) is 3.22. The van der Waals surface area contributed by atoms with Gasteiger partial charge < -0.3 is 20.3 Å². The fourth-order valence-electron chi connectivity index (χ4n) is 2.70. The molecule has 0 aliphatic rings. The van der Waals surface area contributed by atoms with Crippen molar-refractivity contribution in [1.29, 1.82) is 0 Å². The number of aliphatic imine (C=N–C) groups is 1. The van der Waals surface area contributed by atoms with Crippen LogP contribution in [0.5, 0.6) is 5.75 Å². The SMILES string of the molecule is CCNC(=NCc1ccc(C(=O)N(C)C)cc1)NCCCOc1ccccc1C. The zero-order valence-electron chi connectivity index (χ0n) is 17.9. The van der Waals surface area contributed by atoms with E-state index in [-0.39, 0.29) is 5.91 Å². The maximum Gasteiger partial charge on any atom is 0.253 e. The molecule has 0 aliphatic carbocycles. The van der Waals surface area contributed by atoms with Gasteiger partial charge in [0.25, 0.3) is 5.91 Å². The third kappa shape index (κ3) is 7.49. The van der Waals surface area contributed by atoms with Gasteiger partial charge in [0.1, 0.15) is 5.75 Å². The van der Waals surface area contributed by atoms with Gasteiger partial charge in [0.05, 0.1) is 13.2 Å². The van der Waals surface area contributed by atoms with Crippen LogP contribution < -0.4 is 15.4 Å². The highest BCUT2D eigenvalue weighted by Crippen LogP contribution is 2.16. The Bertz CT molecular complexity index is 801. The summed E-state index contributed by atoms with van der Waals surface area (Å²) in [5.41, 5.74) is 2.88. The summed E-state index contributed by atoms with van der Waals surface area (Å²) in [6.45, 7) is 6.85. The van der Waals surface area contributed by atoms with Gasteiger partial charge >= 0.3 is 0 Å². The van der Waals surface area contributed by atoms with E-state index in [0.29, 0.717) is 18.7 Å². The number of nitrogens with one attached hydrogen (secondary N) is 2. The lowest BCUT2D eigenvalue weighted by Crippen LogP contribution is -2.38. The van der Waals surface area contributed by atoms with Crippen molar-refractivity contribution in [2.24, 2.45) is 4.99 Å².